The second kappa shape index (κ2) is 3.65. The first-order chi connectivity index (χ1) is 7.20. The van der Waals surface area contributed by atoms with Gasteiger partial charge in [0.2, 0.25) is 0 Å². The molecule has 3 N–H and O–H groups in total. The molecule has 0 aliphatic carbocycles. The van der Waals surface area contributed by atoms with Crippen LogP contribution in [0.2, 0.25) is 0 Å². The van der Waals surface area contributed by atoms with Gasteiger partial charge in [-0.15, -0.1) is 0 Å². The number of hydrogen-bond acceptors (Lipinski definition) is 3. The first kappa shape index (κ1) is 9.58. The van der Waals surface area contributed by atoms with Gasteiger partial charge in [-0.2, -0.15) is 5.10 Å². The number of aromatic amines is 1. The summed E-state index contributed by atoms with van der Waals surface area (Å²) in [5.74, 6) is 0.584. The standard InChI is InChI=1S/C11H14N4/c1-8-5-3-4-6-9(8)15(2)10-7-13-14-11(10)12/h3-7H,1-2H3,(H3,12,13,14). The summed E-state index contributed by atoms with van der Waals surface area (Å²) in [6.07, 6.45) is 1.72. The van der Waals surface area contributed by atoms with Gasteiger partial charge >= 0.3 is 0 Å². The lowest BCUT2D eigenvalue weighted by Gasteiger charge is -2.20. The zero-order chi connectivity index (χ0) is 10.8. The SMILES string of the molecule is Cc1ccccc1N(C)c1cn[nH]c1N. The van der Waals surface area contributed by atoms with Crippen molar-refractivity contribution in [2.24, 2.45) is 0 Å². The fraction of sp³-hybridized carbons (Fsp3) is 0.182. The number of rotatable bonds is 2. The van der Waals surface area contributed by atoms with Crippen molar-refractivity contribution in [3.05, 3.63) is 36.0 Å². The van der Waals surface area contributed by atoms with Crippen LogP contribution in [0.5, 0.6) is 0 Å². The third-order valence-electron chi connectivity index (χ3n) is 2.49. The molecular weight excluding hydrogens is 188 g/mol. The van der Waals surface area contributed by atoms with E-state index in [0.29, 0.717) is 5.82 Å². The minimum absolute atomic E-state index is 0.584. The van der Waals surface area contributed by atoms with Crippen LogP contribution in [0.25, 0.3) is 0 Å². The molecule has 0 aliphatic rings. The predicted molar refractivity (Wildman–Crippen MR) is 62.2 cm³/mol. The summed E-state index contributed by atoms with van der Waals surface area (Å²) >= 11 is 0. The minimum atomic E-state index is 0.584. The average molecular weight is 202 g/mol. The second-order valence-corrected chi connectivity index (χ2v) is 3.51. The van der Waals surface area contributed by atoms with Gasteiger partial charge in [-0.05, 0) is 18.6 Å². The molecule has 0 bridgehead atoms. The van der Waals surface area contributed by atoms with E-state index in [1.165, 1.54) is 5.56 Å². The van der Waals surface area contributed by atoms with Gasteiger partial charge in [-0.25, -0.2) is 0 Å². The Bertz CT molecular complexity index is 461. The van der Waals surface area contributed by atoms with E-state index in [1.54, 1.807) is 6.20 Å². The molecule has 2 aromatic rings. The second-order valence-electron chi connectivity index (χ2n) is 3.51. The van der Waals surface area contributed by atoms with Gasteiger partial charge in [0.15, 0.2) is 0 Å². The van der Waals surface area contributed by atoms with E-state index in [1.807, 2.05) is 24.1 Å². The Kier molecular flexibility index (Phi) is 2.33. The highest BCUT2D eigenvalue weighted by atomic mass is 15.2. The average Bonchev–Trinajstić information content (AvgIpc) is 2.64. The summed E-state index contributed by atoms with van der Waals surface area (Å²) in [4.78, 5) is 2.02. The highest BCUT2D eigenvalue weighted by molar-refractivity contribution is 5.72. The summed E-state index contributed by atoms with van der Waals surface area (Å²) in [6.45, 7) is 2.07. The summed E-state index contributed by atoms with van der Waals surface area (Å²) in [6, 6.07) is 8.16. The van der Waals surface area contributed by atoms with Gasteiger partial charge in [-0.1, -0.05) is 18.2 Å². The molecule has 0 saturated heterocycles. The molecule has 0 spiro atoms. The third-order valence-corrected chi connectivity index (χ3v) is 2.49. The van der Waals surface area contributed by atoms with Crippen LogP contribution >= 0.6 is 0 Å². The van der Waals surface area contributed by atoms with Crippen molar-refractivity contribution in [2.75, 3.05) is 17.7 Å². The number of nitrogens with zero attached hydrogens (tertiary/aromatic N) is 2. The van der Waals surface area contributed by atoms with Crippen molar-refractivity contribution in [2.45, 2.75) is 6.92 Å². The summed E-state index contributed by atoms with van der Waals surface area (Å²) in [5, 5.41) is 6.63. The van der Waals surface area contributed by atoms with E-state index >= 15 is 0 Å². The zero-order valence-corrected chi connectivity index (χ0v) is 8.86. The molecule has 0 unspecified atom stereocenters. The molecule has 0 aliphatic heterocycles. The molecule has 15 heavy (non-hydrogen) atoms. The highest BCUT2D eigenvalue weighted by Crippen LogP contribution is 2.28. The maximum Gasteiger partial charge on any atom is 0.143 e. The quantitative estimate of drug-likeness (QED) is 0.783. The van der Waals surface area contributed by atoms with Gasteiger partial charge < -0.3 is 10.6 Å². The normalized spacial score (nSPS) is 10.3. The number of aryl methyl sites for hydroxylation is 1. The summed E-state index contributed by atoms with van der Waals surface area (Å²) in [7, 11) is 1.98. The molecule has 0 saturated carbocycles. The van der Waals surface area contributed by atoms with Gasteiger partial charge in [0.1, 0.15) is 11.5 Å². The predicted octanol–water partition coefficient (Wildman–Crippen LogP) is 2.07. The first-order valence-corrected chi connectivity index (χ1v) is 4.78. The van der Waals surface area contributed by atoms with Crippen LogP contribution in [0.4, 0.5) is 17.2 Å². The summed E-state index contributed by atoms with van der Waals surface area (Å²) in [5.41, 5.74) is 9.00. The van der Waals surface area contributed by atoms with Crippen LogP contribution < -0.4 is 10.6 Å². The Balaban J connectivity index is 2.41. The van der Waals surface area contributed by atoms with Crippen LogP contribution in [-0.4, -0.2) is 17.2 Å². The van der Waals surface area contributed by atoms with Crippen LogP contribution in [0.1, 0.15) is 5.56 Å². The Morgan fingerprint density at radius 1 is 1.27 bits per heavy atom. The van der Waals surface area contributed by atoms with Gasteiger partial charge in [0.25, 0.3) is 0 Å². The minimum Gasteiger partial charge on any atom is -0.382 e. The zero-order valence-electron chi connectivity index (χ0n) is 8.86. The van der Waals surface area contributed by atoms with Crippen LogP contribution in [0, 0.1) is 6.92 Å². The van der Waals surface area contributed by atoms with Gasteiger partial charge in [0, 0.05) is 12.7 Å². The van der Waals surface area contributed by atoms with Crippen LogP contribution in [-0.2, 0) is 0 Å². The van der Waals surface area contributed by atoms with E-state index in [4.69, 9.17) is 5.73 Å². The molecule has 0 fully saturated rings. The lowest BCUT2D eigenvalue weighted by Crippen LogP contribution is -2.11. The van der Waals surface area contributed by atoms with Crippen LogP contribution in [0.3, 0.4) is 0 Å². The summed E-state index contributed by atoms with van der Waals surface area (Å²) < 4.78 is 0. The number of anilines is 3. The molecule has 0 atom stereocenters. The van der Waals surface area contributed by atoms with Crippen molar-refractivity contribution in [1.29, 1.82) is 0 Å². The van der Waals surface area contributed by atoms with E-state index in [9.17, 15) is 0 Å². The number of para-hydroxylation sites is 1. The highest BCUT2D eigenvalue weighted by Gasteiger charge is 2.10. The molecule has 2 rings (SSSR count). The van der Waals surface area contributed by atoms with E-state index in [0.717, 1.165) is 11.4 Å². The van der Waals surface area contributed by atoms with Gasteiger partial charge in [0.05, 0.1) is 6.20 Å². The topological polar surface area (TPSA) is 57.9 Å². The monoisotopic (exact) mass is 202 g/mol. The number of aromatic nitrogens is 2. The van der Waals surface area contributed by atoms with Crippen molar-refractivity contribution >= 4 is 17.2 Å². The van der Waals surface area contributed by atoms with E-state index in [-0.39, 0.29) is 0 Å². The number of H-pyrrole nitrogens is 1. The van der Waals surface area contributed by atoms with E-state index < -0.39 is 0 Å². The van der Waals surface area contributed by atoms with E-state index in [2.05, 4.69) is 29.3 Å². The Morgan fingerprint density at radius 3 is 2.60 bits per heavy atom. The molecule has 1 aromatic heterocycles. The molecule has 0 amide bonds. The fourth-order valence-corrected chi connectivity index (χ4v) is 1.63. The lowest BCUT2D eigenvalue weighted by atomic mass is 10.2. The molecule has 0 radical (unpaired) electrons. The van der Waals surface area contributed by atoms with Crippen molar-refractivity contribution in [1.82, 2.24) is 10.2 Å². The largest absolute Gasteiger partial charge is 0.382 e. The maximum atomic E-state index is 5.77. The molecule has 1 aromatic carbocycles. The molecule has 4 nitrogen and oxygen atoms in total. The van der Waals surface area contributed by atoms with Crippen molar-refractivity contribution < 1.29 is 0 Å². The van der Waals surface area contributed by atoms with Crippen molar-refractivity contribution in [3.8, 4) is 0 Å². The first-order valence-electron chi connectivity index (χ1n) is 4.78. The number of nitrogen functional groups attached to an aromatic ring is 1. The smallest absolute Gasteiger partial charge is 0.143 e. The molecule has 78 valence electrons. The number of nitrogens with one attached hydrogen (secondary N) is 1. The maximum absolute atomic E-state index is 5.77. The number of nitrogens with two attached hydrogens (primary N) is 1. The Labute approximate surface area is 88.7 Å². The fourth-order valence-electron chi connectivity index (χ4n) is 1.63. The van der Waals surface area contributed by atoms with Gasteiger partial charge in [-0.3, -0.25) is 5.10 Å². The molecule has 4 heteroatoms. The molecule has 1 heterocycles. The van der Waals surface area contributed by atoms with Crippen molar-refractivity contribution in [3.63, 3.8) is 0 Å². The van der Waals surface area contributed by atoms with Crippen LogP contribution in [0.15, 0.2) is 30.5 Å². The molecular formula is C11H14N4. The third kappa shape index (κ3) is 1.66. The number of hydrogen-bond donors (Lipinski definition) is 2. The lowest BCUT2D eigenvalue weighted by molar-refractivity contribution is 1.10. The Hall–Kier alpha value is -1.97. The Morgan fingerprint density at radius 2 is 2.00 bits per heavy atom. The number of benzene rings is 1.